The van der Waals surface area contributed by atoms with Crippen molar-refractivity contribution in [1.82, 2.24) is 9.88 Å². The summed E-state index contributed by atoms with van der Waals surface area (Å²) in [5, 5.41) is 3.13. The number of anilines is 2. The fourth-order valence-electron chi connectivity index (χ4n) is 2.58. The van der Waals surface area contributed by atoms with Gasteiger partial charge in [-0.3, -0.25) is 0 Å². The minimum absolute atomic E-state index is 0.156. The van der Waals surface area contributed by atoms with Crippen LogP contribution in [0.5, 0.6) is 0 Å². The number of alkyl halides is 3. The van der Waals surface area contributed by atoms with Crippen molar-refractivity contribution in [3.8, 4) is 0 Å². The summed E-state index contributed by atoms with van der Waals surface area (Å²) in [7, 11) is 0. The molecule has 0 aromatic carbocycles. The van der Waals surface area contributed by atoms with Gasteiger partial charge in [-0.15, -0.1) is 0 Å². The van der Waals surface area contributed by atoms with Gasteiger partial charge in [0.1, 0.15) is 5.69 Å². The number of nitrogens with two attached hydrogens (primary N) is 1. The van der Waals surface area contributed by atoms with E-state index >= 15 is 0 Å². The van der Waals surface area contributed by atoms with Gasteiger partial charge in [-0.25, -0.2) is 4.98 Å². The third-order valence-electron chi connectivity index (χ3n) is 3.71. The molecular weight excluding hydrogens is 281 g/mol. The van der Waals surface area contributed by atoms with Gasteiger partial charge in [0.2, 0.25) is 0 Å². The lowest BCUT2D eigenvalue weighted by molar-refractivity contribution is -0.141. The molecule has 0 aliphatic carbocycles. The van der Waals surface area contributed by atoms with Gasteiger partial charge in [0.15, 0.2) is 0 Å². The van der Waals surface area contributed by atoms with Gasteiger partial charge < -0.3 is 16.0 Å². The van der Waals surface area contributed by atoms with Gasteiger partial charge in [-0.05, 0) is 31.9 Å². The second-order valence-corrected chi connectivity index (χ2v) is 5.41. The first-order valence-electron chi connectivity index (χ1n) is 7.21. The fourth-order valence-corrected chi connectivity index (χ4v) is 2.58. The number of nitrogens with one attached hydrogen (secondary N) is 1. The molecule has 21 heavy (non-hydrogen) atoms. The number of piperidine rings is 1. The molecule has 7 heteroatoms. The number of nitrogens with zero attached hydrogens (tertiary/aromatic N) is 2. The molecule has 0 radical (unpaired) electrons. The van der Waals surface area contributed by atoms with Crippen molar-refractivity contribution >= 4 is 11.4 Å². The van der Waals surface area contributed by atoms with Crippen molar-refractivity contribution in [2.24, 2.45) is 0 Å². The molecule has 4 nitrogen and oxygen atoms in total. The molecule has 0 unspecified atom stereocenters. The molecule has 2 heterocycles. The van der Waals surface area contributed by atoms with E-state index in [4.69, 9.17) is 5.73 Å². The summed E-state index contributed by atoms with van der Waals surface area (Å²) in [5.41, 5.74) is 5.38. The van der Waals surface area contributed by atoms with E-state index in [0.717, 1.165) is 51.2 Å². The van der Waals surface area contributed by atoms with Crippen LogP contribution in [0.15, 0.2) is 12.3 Å². The first-order valence-corrected chi connectivity index (χ1v) is 7.21. The van der Waals surface area contributed by atoms with Crippen molar-refractivity contribution in [3.63, 3.8) is 0 Å². The van der Waals surface area contributed by atoms with Crippen LogP contribution in [0, 0.1) is 0 Å². The van der Waals surface area contributed by atoms with Crippen LogP contribution in [-0.4, -0.2) is 35.6 Å². The molecule has 2 rings (SSSR count). The Hall–Kier alpha value is -1.50. The lowest BCUT2D eigenvalue weighted by atomic mass is 10.0. The SMILES string of the molecule is CCCN1CCC(Nc2cc(C(F)(F)F)ncc2N)CC1. The molecule has 118 valence electrons. The smallest absolute Gasteiger partial charge is 0.396 e. The maximum atomic E-state index is 12.7. The number of hydrogen-bond donors (Lipinski definition) is 2. The molecule has 1 saturated heterocycles. The van der Waals surface area contributed by atoms with Crippen LogP contribution >= 0.6 is 0 Å². The van der Waals surface area contributed by atoms with Crippen molar-refractivity contribution in [2.45, 2.75) is 38.4 Å². The number of pyridine rings is 1. The average Bonchev–Trinajstić information content (AvgIpc) is 2.42. The van der Waals surface area contributed by atoms with Gasteiger partial charge in [-0.1, -0.05) is 6.92 Å². The third-order valence-corrected chi connectivity index (χ3v) is 3.71. The Labute approximate surface area is 122 Å². The van der Waals surface area contributed by atoms with Crippen LogP contribution in [0.4, 0.5) is 24.5 Å². The number of nitrogen functional groups attached to an aromatic ring is 1. The summed E-state index contributed by atoms with van der Waals surface area (Å²) in [4.78, 5) is 5.71. The van der Waals surface area contributed by atoms with Gasteiger partial charge >= 0.3 is 6.18 Å². The van der Waals surface area contributed by atoms with Crippen molar-refractivity contribution in [1.29, 1.82) is 0 Å². The monoisotopic (exact) mass is 302 g/mol. The van der Waals surface area contributed by atoms with Crippen LogP contribution in [0.25, 0.3) is 0 Å². The van der Waals surface area contributed by atoms with E-state index in [2.05, 4.69) is 22.1 Å². The summed E-state index contributed by atoms with van der Waals surface area (Å²) in [6, 6.07) is 1.15. The Morgan fingerprint density at radius 2 is 2.05 bits per heavy atom. The van der Waals surface area contributed by atoms with E-state index in [1.807, 2.05) is 0 Å². The topological polar surface area (TPSA) is 54.2 Å². The van der Waals surface area contributed by atoms with Crippen LogP contribution in [-0.2, 0) is 6.18 Å². The first kappa shape index (κ1) is 15.9. The predicted octanol–water partition coefficient (Wildman–Crippen LogP) is 2.97. The summed E-state index contributed by atoms with van der Waals surface area (Å²) in [5.74, 6) is 0. The standard InChI is InChI=1S/C14H21F3N4/c1-2-5-21-6-3-10(4-7-21)20-12-8-13(14(15,16)17)19-9-11(12)18/h8-10H,2-7,18H2,1H3,(H,19,20). The summed E-state index contributed by atoms with van der Waals surface area (Å²) >= 11 is 0. The van der Waals surface area contributed by atoms with Crippen molar-refractivity contribution in [3.05, 3.63) is 18.0 Å². The molecule has 0 bridgehead atoms. The van der Waals surface area contributed by atoms with E-state index in [-0.39, 0.29) is 11.7 Å². The molecule has 1 aromatic rings. The van der Waals surface area contributed by atoms with Gasteiger partial charge in [-0.2, -0.15) is 13.2 Å². The maximum Gasteiger partial charge on any atom is 0.433 e. The zero-order valence-electron chi connectivity index (χ0n) is 12.1. The zero-order valence-corrected chi connectivity index (χ0v) is 12.1. The molecular formula is C14H21F3N4. The van der Waals surface area contributed by atoms with Gasteiger partial charge in [0.25, 0.3) is 0 Å². The Morgan fingerprint density at radius 3 is 2.62 bits per heavy atom. The molecule has 0 amide bonds. The lowest BCUT2D eigenvalue weighted by Gasteiger charge is -2.32. The zero-order chi connectivity index (χ0) is 15.5. The van der Waals surface area contributed by atoms with E-state index in [9.17, 15) is 13.2 Å². The lowest BCUT2D eigenvalue weighted by Crippen LogP contribution is -2.39. The molecule has 1 aliphatic rings. The predicted molar refractivity (Wildman–Crippen MR) is 77.0 cm³/mol. The molecule has 0 spiro atoms. The minimum atomic E-state index is -4.45. The highest BCUT2D eigenvalue weighted by molar-refractivity contribution is 5.65. The van der Waals surface area contributed by atoms with E-state index in [0.29, 0.717) is 5.69 Å². The summed E-state index contributed by atoms with van der Waals surface area (Å²) in [6.07, 6.45) is -0.456. The number of likely N-dealkylation sites (tertiary alicyclic amines) is 1. The van der Waals surface area contributed by atoms with E-state index in [1.54, 1.807) is 0 Å². The second kappa shape index (κ2) is 6.51. The average molecular weight is 302 g/mol. The second-order valence-electron chi connectivity index (χ2n) is 5.41. The number of hydrogen-bond acceptors (Lipinski definition) is 4. The normalized spacial score (nSPS) is 17.9. The highest BCUT2D eigenvalue weighted by atomic mass is 19.4. The van der Waals surface area contributed by atoms with Gasteiger partial charge in [0.05, 0.1) is 17.6 Å². The Balaban J connectivity index is 2.00. The molecule has 0 saturated carbocycles. The molecule has 1 aromatic heterocycles. The Bertz CT molecular complexity index is 468. The molecule has 1 aliphatic heterocycles. The first-order chi connectivity index (χ1) is 9.90. The summed E-state index contributed by atoms with van der Waals surface area (Å²) in [6.45, 7) is 5.13. The molecule has 0 atom stereocenters. The summed E-state index contributed by atoms with van der Waals surface area (Å²) < 4.78 is 38.0. The van der Waals surface area contributed by atoms with Crippen LogP contribution in [0.1, 0.15) is 31.9 Å². The van der Waals surface area contributed by atoms with Crippen molar-refractivity contribution in [2.75, 3.05) is 30.7 Å². The Morgan fingerprint density at radius 1 is 1.38 bits per heavy atom. The molecule has 1 fully saturated rings. The largest absolute Gasteiger partial charge is 0.433 e. The maximum absolute atomic E-state index is 12.7. The third kappa shape index (κ3) is 4.23. The quantitative estimate of drug-likeness (QED) is 0.898. The molecule has 3 N–H and O–H groups in total. The fraction of sp³-hybridized carbons (Fsp3) is 0.643. The van der Waals surface area contributed by atoms with E-state index < -0.39 is 11.9 Å². The number of rotatable bonds is 4. The van der Waals surface area contributed by atoms with Crippen LogP contribution < -0.4 is 11.1 Å². The highest BCUT2D eigenvalue weighted by Crippen LogP contribution is 2.31. The van der Waals surface area contributed by atoms with E-state index in [1.165, 1.54) is 0 Å². The Kier molecular flexibility index (Phi) is 4.92. The van der Waals surface area contributed by atoms with Crippen LogP contribution in [0.3, 0.4) is 0 Å². The number of aromatic nitrogens is 1. The van der Waals surface area contributed by atoms with Crippen molar-refractivity contribution < 1.29 is 13.2 Å². The number of halogens is 3. The minimum Gasteiger partial charge on any atom is -0.396 e. The van der Waals surface area contributed by atoms with Crippen LogP contribution in [0.2, 0.25) is 0 Å². The van der Waals surface area contributed by atoms with Gasteiger partial charge in [0, 0.05) is 19.1 Å². The highest BCUT2D eigenvalue weighted by Gasteiger charge is 2.33.